The van der Waals surface area contributed by atoms with Gasteiger partial charge in [0.2, 0.25) is 10.0 Å². The van der Waals surface area contributed by atoms with Gasteiger partial charge in [-0.15, -0.1) is 11.3 Å². The van der Waals surface area contributed by atoms with Crippen LogP contribution in [0.1, 0.15) is 4.88 Å². The molecule has 2 rings (SSSR count). The van der Waals surface area contributed by atoms with Crippen LogP contribution in [0.4, 0.5) is 11.4 Å². The zero-order valence-electron chi connectivity index (χ0n) is 12.0. The smallest absolute Gasteiger partial charge is 0.244 e. The molecule has 1 aromatic heterocycles. The first kappa shape index (κ1) is 15.8. The maximum Gasteiger partial charge on any atom is 0.244 e. The van der Waals surface area contributed by atoms with E-state index in [1.54, 1.807) is 23.5 Å². The first-order chi connectivity index (χ1) is 9.93. The van der Waals surface area contributed by atoms with Crippen molar-refractivity contribution in [2.75, 3.05) is 31.7 Å². The lowest BCUT2D eigenvalue weighted by atomic mass is 10.2. The van der Waals surface area contributed by atoms with Crippen LogP contribution in [0.15, 0.2) is 40.6 Å². The summed E-state index contributed by atoms with van der Waals surface area (Å²) in [6, 6.07) is 9.09. The third-order valence-electron chi connectivity index (χ3n) is 3.09. The first-order valence-corrected chi connectivity index (χ1v) is 8.82. The number of para-hydroxylation sites is 1. The molecule has 0 aliphatic carbocycles. The molecular formula is C14H19N3O2S2. The van der Waals surface area contributed by atoms with Crippen molar-refractivity contribution in [1.82, 2.24) is 4.31 Å². The van der Waals surface area contributed by atoms with Crippen LogP contribution in [0.25, 0.3) is 0 Å². The van der Waals surface area contributed by atoms with E-state index in [0.29, 0.717) is 12.2 Å². The third kappa shape index (κ3) is 3.55. The maximum absolute atomic E-state index is 12.2. The largest absolute Gasteiger partial charge is 0.396 e. The highest BCUT2D eigenvalue weighted by Gasteiger charge is 2.21. The molecule has 0 radical (unpaired) electrons. The van der Waals surface area contributed by atoms with Crippen molar-refractivity contribution in [2.24, 2.45) is 0 Å². The highest BCUT2D eigenvalue weighted by Crippen LogP contribution is 2.28. The highest BCUT2D eigenvalue weighted by atomic mass is 32.2. The van der Waals surface area contributed by atoms with Crippen molar-refractivity contribution >= 4 is 32.7 Å². The lowest BCUT2D eigenvalue weighted by molar-refractivity contribution is 0.521. The molecule has 0 bridgehead atoms. The lowest BCUT2D eigenvalue weighted by Crippen LogP contribution is -2.23. The fourth-order valence-corrected chi connectivity index (χ4v) is 3.64. The summed E-state index contributed by atoms with van der Waals surface area (Å²) in [4.78, 5) is 1.41. The Morgan fingerprint density at radius 1 is 1.24 bits per heavy atom. The van der Waals surface area contributed by atoms with Crippen molar-refractivity contribution in [3.05, 3.63) is 40.6 Å². The number of nitrogen functional groups attached to an aromatic ring is 1. The first-order valence-electron chi connectivity index (χ1n) is 6.50. The van der Waals surface area contributed by atoms with E-state index >= 15 is 0 Å². The number of sulfonamides is 1. The van der Waals surface area contributed by atoms with Crippen LogP contribution < -0.4 is 11.1 Å². The van der Waals surface area contributed by atoms with E-state index in [0.717, 1.165) is 10.7 Å². The van der Waals surface area contributed by atoms with Crippen LogP contribution in [0, 0.1) is 0 Å². The van der Waals surface area contributed by atoms with Gasteiger partial charge in [-0.05, 0) is 30.0 Å². The quantitative estimate of drug-likeness (QED) is 0.799. The van der Waals surface area contributed by atoms with Crippen LogP contribution in [0.3, 0.4) is 0 Å². The average molecular weight is 325 g/mol. The van der Waals surface area contributed by atoms with Crippen molar-refractivity contribution in [1.29, 1.82) is 0 Å². The van der Waals surface area contributed by atoms with E-state index in [1.165, 1.54) is 25.0 Å². The number of nitrogens with zero attached hydrogens (tertiary/aromatic N) is 1. The van der Waals surface area contributed by atoms with E-state index in [1.807, 2.05) is 11.4 Å². The zero-order chi connectivity index (χ0) is 15.5. The zero-order valence-corrected chi connectivity index (χ0v) is 13.7. The summed E-state index contributed by atoms with van der Waals surface area (Å²) in [6.07, 6.45) is 0.877. The molecule has 0 saturated carbocycles. The van der Waals surface area contributed by atoms with Crippen molar-refractivity contribution < 1.29 is 8.42 Å². The molecule has 1 aromatic carbocycles. The molecule has 0 saturated heterocycles. The molecule has 0 fully saturated rings. The standard InChI is InChI=1S/C14H19N3O2S2/c1-17(2)21(18,19)13-7-3-6-12(14(13)15)16-9-8-11-5-4-10-20-11/h3-7,10,16H,8-9,15H2,1-2H3. The molecule has 0 spiro atoms. The van der Waals surface area contributed by atoms with Gasteiger partial charge in [0.15, 0.2) is 0 Å². The number of benzene rings is 1. The van der Waals surface area contributed by atoms with Gasteiger partial charge in [0.25, 0.3) is 0 Å². The Bertz CT molecular complexity index is 695. The van der Waals surface area contributed by atoms with E-state index in [2.05, 4.69) is 11.4 Å². The number of nitrogens with one attached hydrogen (secondary N) is 1. The minimum atomic E-state index is -3.53. The molecule has 2 aromatic rings. The van der Waals surface area contributed by atoms with Crippen LogP contribution in [0.5, 0.6) is 0 Å². The van der Waals surface area contributed by atoms with Gasteiger partial charge in [0.05, 0.1) is 11.4 Å². The maximum atomic E-state index is 12.2. The Labute approximate surface area is 129 Å². The van der Waals surface area contributed by atoms with Crippen molar-refractivity contribution in [2.45, 2.75) is 11.3 Å². The van der Waals surface area contributed by atoms with Gasteiger partial charge < -0.3 is 11.1 Å². The fraction of sp³-hybridized carbons (Fsp3) is 0.286. The van der Waals surface area contributed by atoms with Gasteiger partial charge in [-0.25, -0.2) is 12.7 Å². The van der Waals surface area contributed by atoms with Gasteiger partial charge in [-0.2, -0.15) is 0 Å². The Morgan fingerprint density at radius 3 is 2.62 bits per heavy atom. The Balaban J connectivity index is 2.14. The molecule has 0 unspecified atom stereocenters. The SMILES string of the molecule is CN(C)S(=O)(=O)c1cccc(NCCc2cccs2)c1N. The molecule has 5 nitrogen and oxygen atoms in total. The minimum Gasteiger partial charge on any atom is -0.396 e. The molecule has 0 amide bonds. The molecule has 1 heterocycles. The molecule has 3 N–H and O–H groups in total. The molecule has 114 valence electrons. The Hall–Kier alpha value is -1.57. The summed E-state index contributed by atoms with van der Waals surface area (Å²) < 4.78 is 25.5. The summed E-state index contributed by atoms with van der Waals surface area (Å²) in [5.74, 6) is 0. The molecule has 0 aliphatic heterocycles. The third-order valence-corrected chi connectivity index (χ3v) is 5.90. The molecular weight excluding hydrogens is 306 g/mol. The molecule has 0 atom stereocenters. The lowest BCUT2D eigenvalue weighted by Gasteiger charge is -2.16. The molecule has 7 heteroatoms. The fourth-order valence-electron chi connectivity index (χ4n) is 1.90. The van der Waals surface area contributed by atoms with Gasteiger partial charge >= 0.3 is 0 Å². The Morgan fingerprint density at radius 2 is 2.00 bits per heavy atom. The summed E-state index contributed by atoms with van der Waals surface area (Å²) >= 11 is 1.70. The van der Waals surface area contributed by atoms with Crippen LogP contribution >= 0.6 is 11.3 Å². The monoisotopic (exact) mass is 325 g/mol. The van der Waals surface area contributed by atoms with E-state index < -0.39 is 10.0 Å². The highest BCUT2D eigenvalue weighted by molar-refractivity contribution is 7.89. The van der Waals surface area contributed by atoms with Gasteiger partial charge in [0.1, 0.15) is 4.90 Å². The number of anilines is 2. The predicted octanol–water partition coefficient (Wildman–Crippen LogP) is 2.24. The molecule has 0 aliphatic rings. The second kappa shape index (κ2) is 6.46. The number of nitrogens with two attached hydrogens (primary N) is 1. The van der Waals surface area contributed by atoms with Gasteiger partial charge in [-0.3, -0.25) is 0 Å². The van der Waals surface area contributed by atoms with Crippen LogP contribution in [0.2, 0.25) is 0 Å². The van der Waals surface area contributed by atoms with E-state index in [4.69, 9.17) is 5.73 Å². The van der Waals surface area contributed by atoms with Gasteiger partial charge in [0, 0.05) is 25.5 Å². The minimum absolute atomic E-state index is 0.133. The summed E-state index contributed by atoms with van der Waals surface area (Å²) in [7, 11) is -0.544. The predicted molar refractivity (Wildman–Crippen MR) is 88.2 cm³/mol. The number of hydrogen-bond acceptors (Lipinski definition) is 5. The summed E-state index contributed by atoms with van der Waals surface area (Å²) in [6.45, 7) is 0.705. The van der Waals surface area contributed by atoms with Gasteiger partial charge in [-0.1, -0.05) is 12.1 Å². The van der Waals surface area contributed by atoms with Crippen LogP contribution in [-0.2, 0) is 16.4 Å². The van der Waals surface area contributed by atoms with E-state index in [9.17, 15) is 8.42 Å². The topological polar surface area (TPSA) is 75.4 Å². The average Bonchev–Trinajstić information content (AvgIpc) is 2.93. The summed E-state index contributed by atoms with van der Waals surface area (Å²) in [5, 5.41) is 5.24. The van der Waals surface area contributed by atoms with Crippen molar-refractivity contribution in [3.63, 3.8) is 0 Å². The van der Waals surface area contributed by atoms with Crippen molar-refractivity contribution in [3.8, 4) is 0 Å². The number of hydrogen-bond donors (Lipinski definition) is 2. The number of thiophene rings is 1. The second-order valence-electron chi connectivity index (χ2n) is 4.76. The summed E-state index contributed by atoms with van der Waals surface area (Å²) in [5.41, 5.74) is 6.91. The normalized spacial score (nSPS) is 11.8. The second-order valence-corrected chi connectivity index (χ2v) is 7.91. The molecule has 21 heavy (non-hydrogen) atoms. The Kier molecular flexibility index (Phi) is 4.87. The van der Waals surface area contributed by atoms with Crippen LogP contribution in [-0.4, -0.2) is 33.4 Å². The number of rotatable bonds is 6. The van der Waals surface area contributed by atoms with E-state index in [-0.39, 0.29) is 10.6 Å².